The fourth-order valence-electron chi connectivity index (χ4n) is 5.71. The van der Waals surface area contributed by atoms with Gasteiger partial charge in [0.2, 0.25) is 5.91 Å². The van der Waals surface area contributed by atoms with E-state index in [0.29, 0.717) is 12.8 Å². The minimum Gasteiger partial charge on any atom is -0.465 e. The van der Waals surface area contributed by atoms with Crippen LogP contribution in [0.2, 0.25) is 5.02 Å². The molecule has 1 unspecified atom stereocenters. The number of fused-ring (bicyclic) bond motifs is 2. The number of rotatable bonds is 5. The number of hydrogen-bond donors (Lipinski definition) is 4. The van der Waals surface area contributed by atoms with Gasteiger partial charge < -0.3 is 20.8 Å². The molecule has 2 amide bonds. The van der Waals surface area contributed by atoms with E-state index in [1.54, 1.807) is 0 Å². The normalized spacial score (nSPS) is 35.2. The van der Waals surface area contributed by atoms with Crippen LogP contribution in [0, 0.1) is 23.0 Å². The third-order valence-corrected chi connectivity index (χ3v) is 7.58. The van der Waals surface area contributed by atoms with Crippen molar-refractivity contribution in [3.8, 4) is 0 Å². The Morgan fingerprint density at radius 2 is 1.84 bits per heavy atom. The molecule has 4 N–H and O–H groups in total. The van der Waals surface area contributed by atoms with Crippen LogP contribution in [0.3, 0.4) is 0 Å². The van der Waals surface area contributed by atoms with Crippen LogP contribution < -0.4 is 10.6 Å². The van der Waals surface area contributed by atoms with Gasteiger partial charge in [-0.05, 0) is 62.5 Å². The number of alkyl halides is 1. The molecule has 3 saturated carbocycles. The molecule has 170 valence electrons. The Morgan fingerprint density at radius 3 is 2.42 bits per heavy atom. The largest absolute Gasteiger partial charge is 0.465 e. The molecule has 3 aliphatic rings. The second kappa shape index (κ2) is 7.85. The highest BCUT2D eigenvalue weighted by molar-refractivity contribution is 6.30. The van der Waals surface area contributed by atoms with Gasteiger partial charge in [0.25, 0.3) is 0 Å². The van der Waals surface area contributed by atoms with Crippen LogP contribution >= 0.6 is 11.6 Å². The molecule has 0 heterocycles. The van der Waals surface area contributed by atoms with E-state index in [1.807, 2.05) is 0 Å². The molecule has 0 spiro atoms. The lowest BCUT2D eigenvalue weighted by Gasteiger charge is -2.37. The molecule has 1 aromatic rings. The second-order valence-corrected chi connectivity index (χ2v) is 9.59. The first-order valence-electron chi connectivity index (χ1n) is 10.3. The van der Waals surface area contributed by atoms with E-state index in [0.717, 1.165) is 12.1 Å². The third-order valence-electron chi connectivity index (χ3n) is 7.29. The van der Waals surface area contributed by atoms with Crippen LogP contribution in [0.25, 0.3) is 0 Å². The Bertz CT molecular complexity index is 907. The van der Waals surface area contributed by atoms with Gasteiger partial charge in [-0.3, -0.25) is 4.79 Å². The molecule has 10 heteroatoms. The zero-order valence-corrected chi connectivity index (χ0v) is 17.4. The smallest absolute Gasteiger partial charge is 0.404 e. The molecule has 0 radical (unpaired) electrons. The highest BCUT2D eigenvalue weighted by Gasteiger charge is 2.59. The number of hydrogen-bond acceptors (Lipinski definition) is 3. The first kappa shape index (κ1) is 22.2. The second-order valence-electron chi connectivity index (χ2n) is 9.18. The minimum atomic E-state index is -1.41. The van der Waals surface area contributed by atoms with E-state index in [1.165, 1.54) is 0 Å². The first-order chi connectivity index (χ1) is 14.5. The molecule has 3 fully saturated rings. The lowest BCUT2D eigenvalue weighted by molar-refractivity contribution is -0.127. The van der Waals surface area contributed by atoms with Crippen molar-refractivity contribution in [2.24, 2.45) is 11.3 Å². The molecule has 0 aliphatic heterocycles. The molecular formula is C21H24ClF3N2O4. The number of aliphatic hydroxyl groups excluding tert-OH is 1. The summed E-state index contributed by atoms with van der Waals surface area (Å²) in [7, 11) is 0. The van der Waals surface area contributed by atoms with Crippen LogP contribution in [0.5, 0.6) is 0 Å². The van der Waals surface area contributed by atoms with Crippen molar-refractivity contribution in [1.29, 1.82) is 0 Å². The van der Waals surface area contributed by atoms with Crippen molar-refractivity contribution < 1.29 is 33.0 Å². The molecule has 0 saturated heterocycles. The summed E-state index contributed by atoms with van der Waals surface area (Å²) in [5, 5.41) is 23.6. The number of nitrogens with one attached hydrogen (secondary N) is 2. The van der Waals surface area contributed by atoms with Gasteiger partial charge in [0.1, 0.15) is 17.3 Å². The van der Waals surface area contributed by atoms with Gasteiger partial charge in [-0.25, -0.2) is 18.0 Å². The standard InChI is InChI=1S/C21H24ClF3N2O4/c22-11-1-2-12(23)15(16(11)24)17(20-3-5-21(25,9-20)6-4-20)27-18(29)10-7-13(14(28)8-10)26-19(30)31/h1-2,10,13-14,17,26,28H,3-9H2,(H,27,29)(H,30,31)/t10?,13-,14-,17+,20?,21?/m0/s1. The number of carbonyl (C=O) groups excluding carboxylic acids is 1. The van der Waals surface area contributed by atoms with Crippen molar-refractivity contribution in [2.45, 2.75) is 68.8 Å². The molecule has 2 bridgehead atoms. The van der Waals surface area contributed by atoms with Gasteiger partial charge in [-0.2, -0.15) is 0 Å². The molecule has 3 aliphatic carbocycles. The highest BCUT2D eigenvalue weighted by Crippen LogP contribution is 2.63. The number of carbonyl (C=O) groups is 2. The van der Waals surface area contributed by atoms with Gasteiger partial charge in [0.05, 0.1) is 23.2 Å². The minimum absolute atomic E-state index is 0.00403. The van der Waals surface area contributed by atoms with E-state index in [9.17, 15) is 27.9 Å². The quantitative estimate of drug-likeness (QED) is 0.501. The summed E-state index contributed by atoms with van der Waals surface area (Å²) >= 11 is 5.89. The maximum absolute atomic E-state index is 14.9. The van der Waals surface area contributed by atoms with Crippen molar-refractivity contribution in [2.75, 3.05) is 0 Å². The maximum Gasteiger partial charge on any atom is 0.404 e. The predicted molar refractivity (Wildman–Crippen MR) is 105 cm³/mol. The number of carboxylic acid groups (broad SMARTS) is 1. The van der Waals surface area contributed by atoms with Crippen LogP contribution in [0.1, 0.15) is 56.6 Å². The fraction of sp³-hybridized carbons (Fsp3) is 0.619. The molecule has 6 nitrogen and oxygen atoms in total. The zero-order valence-electron chi connectivity index (χ0n) is 16.6. The van der Waals surface area contributed by atoms with Crippen LogP contribution in [-0.4, -0.2) is 40.0 Å². The summed E-state index contributed by atoms with van der Waals surface area (Å²) in [5.74, 6) is -3.17. The molecule has 4 rings (SSSR count). The van der Waals surface area contributed by atoms with E-state index in [-0.39, 0.29) is 42.7 Å². The van der Waals surface area contributed by atoms with Crippen molar-refractivity contribution >= 4 is 23.6 Å². The summed E-state index contributed by atoms with van der Waals surface area (Å²) in [4.78, 5) is 23.9. The van der Waals surface area contributed by atoms with Crippen molar-refractivity contribution in [3.63, 3.8) is 0 Å². The Balaban J connectivity index is 1.63. The lowest BCUT2D eigenvalue weighted by Crippen LogP contribution is -2.43. The Hall–Kier alpha value is -2.00. The Kier molecular flexibility index (Phi) is 5.62. The average molecular weight is 461 g/mol. The highest BCUT2D eigenvalue weighted by atomic mass is 35.5. The SMILES string of the molecule is O=C(O)N[C@H]1CC(C(=O)N[C@H](c2c(F)ccc(Cl)c2F)C23CCC(F)(CC2)C3)C[C@@H]1O. The summed E-state index contributed by atoms with van der Waals surface area (Å²) in [6.45, 7) is 0. The molecule has 31 heavy (non-hydrogen) atoms. The summed E-state index contributed by atoms with van der Waals surface area (Å²) in [6.07, 6.45) is -0.970. The molecule has 0 aromatic heterocycles. The van der Waals surface area contributed by atoms with Crippen LogP contribution in [0.15, 0.2) is 12.1 Å². The van der Waals surface area contributed by atoms with Gasteiger partial charge in [0, 0.05) is 11.5 Å². The predicted octanol–water partition coefficient (Wildman–Crippen LogP) is 3.86. The van der Waals surface area contributed by atoms with Crippen molar-refractivity contribution in [1.82, 2.24) is 10.6 Å². The van der Waals surface area contributed by atoms with E-state index >= 15 is 0 Å². The molecule has 4 atom stereocenters. The summed E-state index contributed by atoms with van der Waals surface area (Å²) in [5.41, 5.74) is -2.63. The van der Waals surface area contributed by atoms with Gasteiger partial charge in [-0.15, -0.1) is 0 Å². The Labute approximate surface area is 182 Å². The lowest BCUT2D eigenvalue weighted by atomic mass is 9.74. The molecular weight excluding hydrogens is 437 g/mol. The van der Waals surface area contributed by atoms with Gasteiger partial charge in [-0.1, -0.05) is 11.6 Å². The number of benzene rings is 1. The summed E-state index contributed by atoms with van der Waals surface area (Å²) < 4.78 is 44.7. The van der Waals surface area contributed by atoms with Crippen LogP contribution in [0.4, 0.5) is 18.0 Å². The van der Waals surface area contributed by atoms with Gasteiger partial charge in [0.15, 0.2) is 0 Å². The molecule has 1 aromatic carbocycles. The first-order valence-corrected chi connectivity index (χ1v) is 10.7. The van der Waals surface area contributed by atoms with E-state index in [4.69, 9.17) is 16.7 Å². The number of amides is 2. The van der Waals surface area contributed by atoms with Crippen LogP contribution in [-0.2, 0) is 4.79 Å². The fourth-order valence-corrected chi connectivity index (χ4v) is 5.88. The Morgan fingerprint density at radius 1 is 1.16 bits per heavy atom. The summed E-state index contributed by atoms with van der Waals surface area (Å²) in [6, 6.07) is 0.170. The van der Waals surface area contributed by atoms with Crippen molar-refractivity contribution in [3.05, 3.63) is 34.4 Å². The average Bonchev–Trinajstić information content (AvgIpc) is 3.35. The topological polar surface area (TPSA) is 98.7 Å². The monoisotopic (exact) mass is 460 g/mol. The van der Waals surface area contributed by atoms with E-state index < -0.39 is 58.8 Å². The zero-order chi connectivity index (χ0) is 22.6. The number of aliphatic hydroxyl groups is 1. The number of halogens is 4. The van der Waals surface area contributed by atoms with E-state index in [2.05, 4.69) is 10.6 Å². The third kappa shape index (κ3) is 3.98. The van der Waals surface area contributed by atoms with Gasteiger partial charge >= 0.3 is 6.09 Å². The maximum atomic E-state index is 14.9.